The van der Waals surface area contributed by atoms with Crippen LogP contribution >= 0.6 is 0 Å². The number of hydrogen-bond acceptors (Lipinski definition) is 3. The lowest BCUT2D eigenvalue weighted by atomic mass is 9.74. The smallest absolute Gasteiger partial charge is 0.0861 e. The van der Waals surface area contributed by atoms with E-state index in [0.717, 1.165) is 36.1 Å². The molecule has 0 bridgehead atoms. The van der Waals surface area contributed by atoms with E-state index in [-0.39, 0.29) is 12.2 Å². The van der Waals surface area contributed by atoms with Crippen molar-refractivity contribution in [2.24, 2.45) is 23.7 Å². The molecule has 2 fully saturated rings. The third kappa shape index (κ3) is 16.0. The van der Waals surface area contributed by atoms with Crippen LogP contribution in [-0.4, -0.2) is 9.97 Å². The molecule has 2 saturated carbocycles. The Morgan fingerprint density at radius 2 is 0.778 bits per heavy atom. The Morgan fingerprint density at radius 1 is 0.413 bits per heavy atom. The van der Waals surface area contributed by atoms with Crippen LogP contribution in [0.1, 0.15) is 229 Å². The molecule has 2 aliphatic rings. The summed E-state index contributed by atoms with van der Waals surface area (Å²) in [5, 5.41) is 0. The van der Waals surface area contributed by atoms with Gasteiger partial charge in [-0.15, -0.1) is 0 Å². The Morgan fingerprint density at radius 3 is 1.11 bits per heavy atom. The maximum absolute atomic E-state index is 7.80. The fourth-order valence-corrected chi connectivity index (χ4v) is 11.0. The summed E-state index contributed by atoms with van der Waals surface area (Å²) in [6, 6.07) is 27.9. The summed E-state index contributed by atoms with van der Waals surface area (Å²) in [6.07, 6.45) is 41.2. The molecular formula is C60H88N2O. The third-order valence-corrected chi connectivity index (χ3v) is 15.2. The molecule has 0 amide bonds. The summed E-state index contributed by atoms with van der Waals surface area (Å²) in [6.45, 7) is 9.22. The van der Waals surface area contributed by atoms with Crippen LogP contribution in [0.2, 0.25) is 0 Å². The predicted octanol–water partition coefficient (Wildman–Crippen LogP) is 18.4. The number of unbranched alkanes of at least 4 members (excludes halogenated alkanes) is 12. The van der Waals surface area contributed by atoms with Crippen molar-refractivity contribution in [3.63, 3.8) is 0 Å². The maximum Gasteiger partial charge on any atom is 0.0861 e. The van der Waals surface area contributed by atoms with E-state index in [1.54, 1.807) is 0 Å². The maximum atomic E-state index is 7.80. The van der Waals surface area contributed by atoms with Gasteiger partial charge in [-0.3, -0.25) is 9.97 Å². The van der Waals surface area contributed by atoms with Crippen LogP contribution < -0.4 is 0 Å². The number of hydrogen-bond donors (Lipinski definition) is 0. The topological polar surface area (TPSA) is 35.0 Å². The van der Waals surface area contributed by atoms with Crippen LogP contribution in [0.4, 0.5) is 0 Å². The van der Waals surface area contributed by atoms with Crippen LogP contribution in [-0.2, 0) is 17.6 Å². The molecule has 0 N–H and O–H groups in total. The van der Waals surface area contributed by atoms with Crippen molar-refractivity contribution < 1.29 is 4.74 Å². The Balaban J connectivity index is 1.22. The molecule has 0 aliphatic heterocycles. The standard InChI is InChI=1S/C60H88N2O/c1-5-9-13-17-21-47-25-31-53(32-26-47)59(55-39-35-51(36-40-55)57-43-29-49(45-61-57)23-19-15-11-7-3)63-60(54-33-27-48(28-34-54)22-18-14-10-6-2)56-41-37-52(38-42-56)58-44-30-50(46-62-58)24-20-16-12-8-4/h29-30,35-48,53-54,59-60H,5-28,31-34H2,1-4H3. The molecule has 6 rings (SSSR count). The second-order valence-electron chi connectivity index (χ2n) is 20.2. The Bertz CT molecular complexity index is 1630. The van der Waals surface area contributed by atoms with Gasteiger partial charge in [0, 0.05) is 23.5 Å². The lowest BCUT2D eigenvalue weighted by Gasteiger charge is -2.40. The van der Waals surface area contributed by atoms with Gasteiger partial charge in [0.1, 0.15) is 0 Å². The molecule has 344 valence electrons. The first-order valence-electron chi connectivity index (χ1n) is 26.8. The molecule has 0 saturated heterocycles. The Hall–Kier alpha value is -3.30. The van der Waals surface area contributed by atoms with Gasteiger partial charge in [-0.1, -0.05) is 217 Å². The van der Waals surface area contributed by atoms with Crippen LogP contribution in [0, 0.1) is 23.7 Å². The van der Waals surface area contributed by atoms with Crippen molar-refractivity contribution in [2.45, 2.75) is 220 Å². The normalized spacial score (nSPS) is 20.1. The largest absolute Gasteiger partial charge is 0.365 e. The molecule has 63 heavy (non-hydrogen) atoms. The van der Waals surface area contributed by atoms with Gasteiger partial charge in [-0.25, -0.2) is 0 Å². The van der Waals surface area contributed by atoms with Crippen LogP contribution in [0.15, 0.2) is 85.2 Å². The highest BCUT2D eigenvalue weighted by Crippen LogP contribution is 2.47. The first-order valence-corrected chi connectivity index (χ1v) is 26.8. The highest BCUT2D eigenvalue weighted by atomic mass is 16.5. The third-order valence-electron chi connectivity index (χ3n) is 15.2. The minimum atomic E-state index is 0.0847. The lowest BCUT2D eigenvalue weighted by molar-refractivity contribution is -0.0907. The molecular weight excluding hydrogens is 765 g/mol. The summed E-state index contributed by atoms with van der Waals surface area (Å²) in [7, 11) is 0. The van der Waals surface area contributed by atoms with E-state index in [9.17, 15) is 0 Å². The van der Waals surface area contributed by atoms with E-state index in [0.29, 0.717) is 11.8 Å². The van der Waals surface area contributed by atoms with Gasteiger partial charge in [-0.2, -0.15) is 0 Å². The second-order valence-corrected chi connectivity index (χ2v) is 20.2. The van der Waals surface area contributed by atoms with Crippen LogP contribution in [0.25, 0.3) is 22.5 Å². The predicted molar refractivity (Wildman–Crippen MR) is 270 cm³/mol. The average Bonchev–Trinajstić information content (AvgIpc) is 3.34. The first-order chi connectivity index (χ1) is 31.1. The summed E-state index contributed by atoms with van der Waals surface area (Å²) >= 11 is 0. The molecule has 3 heteroatoms. The van der Waals surface area contributed by atoms with Crippen molar-refractivity contribution in [3.05, 3.63) is 107 Å². The first kappa shape index (κ1) is 49.1. The molecule has 2 aliphatic carbocycles. The number of aromatic nitrogens is 2. The minimum Gasteiger partial charge on any atom is -0.365 e. The fraction of sp³-hybridized carbons (Fsp3) is 0.633. The van der Waals surface area contributed by atoms with Gasteiger partial charge in [0.25, 0.3) is 0 Å². The molecule has 2 unspecified atom stereocenters. The van der Waals surface area contributed by atoms with Crippen LogP contribution in [0.5, 0.6) is 0 Å². The van der Waals surface area contributed by atoms with E-state index in [1.807, 2.05) is 0 Å². The summed E-state index contributed by atoms with van der Waals surface area (Å²) < 4.78 is 7.80. The molecule has 4 aromatic rings. The van der Waals surface area contributed by atoms with E-state index in [2.05, 4.69) is 113 Å². The van der Waals surface area contributed by atoms with Gasteiger partial charge in [0.15, 0.2) is 0 Å². The highest BCUT2D eigenvalue weighted by molar-refractivity contribution is 5.60. The SMILES string of the molecule is CCCCCCc1ccc(-c2ccc(C(OC(c3ccc(-c4ccc(CCCCCC)cn4)cc3)C3CCC(CCCCCC)CC3)C3CCC(CCCCCC)CC3)cc2)nc1. The number of nitrogens with zero attached hydrogens (tertiary/aromatic N) is 2. The van der Waals surface area contributed by atoms with Gasteiger partial charge in [0.05, 0.1) is 23.6 Å². The van der Waals surface area contributed by atoms with Crippen LogP contribution in [0.3, 0.4) is 0 Å². The van der Waals surface area contributed by atoms with Crippen molar-refractivity contribution in [3.8, 4) is 22.5 Å². The Kier molecular flexibility index (Phi) is 21.8. The number of benzene rings is 2. The van der Waals surface area contributed by atoms with Crippen molar-refractivity contribution >= 4 is 0 Å². The number of ether oxygens (including phenoxy) is 1. The molecule has 2 aromatic carbocycles. The lowest BCUT2D eigenvalue weighted by Crippen LogP contribution is -2.28. The van der Waals surface area contributed by atoms with Crippen molar-refractivity contribution in [2.75, 3.05) is 0 Å². The van der Waals surface area contributed by atoms with E-state index >= 15 is 0 Å². The second kappa shape index (κ2) is 27.9. The molecule has 3 nitrogen and oxygen atoms in total. The van der Waals surface area contributed by atoms with Crippen molar-refractivity contribution in [1.82, 2.24) is 9.97 Å². The van der Waals surface area contributed by atoms with E-state index < -0.39 is 0 Å². The molecule has 2 heterocycles. The molecule has 2 atom stereocenters. The molecule has 0 spiro atoms. The van der Waals surface area contributed by atoms with E-state index in [1.165, 1.54) is 200 Å². The zero-order valence-electron chi connectivity index (χ0n) is 40.6. The van der Waals surface area contributed by atoms with Gasteiger partial charge < -0.3 is 4.74 Å². The number of aryl methyl sites for hydroxylation is 2. The average molecular weight is 853 g/mol. The number of rotatable bonds is 28. The van der Waals surface area contributed by atoms with Crippen molar-refractivity contribution in [1.29, 1.82) is 0 Å². The minimum absolute atomic E-state index is 0.0847. The molecule has 2 aromatic heterocycles. The zero-order valence-corrected chi connectivity index (χ0v) is 40.6. The highest BCUT2D eigenvalue weighted by Gasteiger charge is 2.36. The summed E-state index contributed by atoms with van der Waals surface area (Å²) in [4.78, 5) is 9.91. The monoisotopic (exact) mass is 853 g/mol. The fourth-order valence-electron chi connectivity index (χ4n) is 11.0. The van der Waals surface area contributed by atoms with E-state index in [4.69, 9.17) is 14.7 Å². The quantitative estimate of drug-likeness (QED) is 0.0534. The van der Waals surface area contributed by atoms with Gasteiger partial charge in [0.2, 0.25) is 0 Å². The Labute approximate surface area is 386 Å². The summed E-state index contributed by atoms with van der Waals surface area (Å²) in [5.74, 6) is 2.83. The zero-order chi connectivity index (χ0) is 43.9. The molecule has 0 radical (unpaired) electrons. The summed E-state index contributed by atoms with van der Waals surface area (Å²) in [5.41, 5.74) is 9.95. The van der Waals surface area contributed by atoms with Gasteiger partial charge >= 0.3 is 0 Å². The van der Waals surface area contributed by atoms with Gasteiger partial charge in [-0.05, 0) is 109 Å². The number of pyridine rings is 2.